The number of para-hydroxylation sites is 2. The Hall–Kier alpha value is -2.45. The van der Waals surface area contributed by atoms with E-state index < -0.39 is 11.7 Å². The predicted octanol–water partition coefficient (Wildman–Crippen LogP) is 3.96. The van der Waals surface area contributed by atoms with Gasteiger partial charge in [0.2, 0.25) is 0 Å². The minimum Gasteiger partial charge on any atom is -0.397 e. The van der Waals surface area contributed by atoms with Crippen LogP contribution in [0.25, 0.3) is 0 Å². The highest BCUT2D eigenvalue weighted by atomic mass is 19.4. The van der Waals surface area contributed by atoms with Crippen LogP contribution in [0.2, 0.25) is 0 Å². The van der Waals surface area contributed by atoms with E-state index in [-0.39, 0.29) is 0 Å². The molecule has 0 radical (unpaired) electrons. The molecule has 1 heterocycles. The minimum absolute atomic E-state index is 0.589. The van der Waals surface area contributed by atoms with Crippen LogP contribution < -0.4 is 21.5 Å². The summed E-state index contributed by atoms with van der Waals surface area (Å²) in [5.41, 5.74) is 7.53. The van der Waals surface area contributed by atoms with Gasteiger partial charge in [0.05, 0.1) is 16.9 Å². The number of benzene rings is 2. The highest BCUT2D eigenvalue weighted by Crippen LogP contribution is 2.31. The third kappa shape index (κ3) is 6.03. The van der Waals surface area contributed by atoms with Gasteiger partial charge < -0.3 is 15.6 Å². The number of nitrogens with two attached hydrogens (primary N) is 2. The molecule has 0 aliphatic carbocycles. The molecule has 3 rings (SSSR count). The summed E-state index contributed by atoms with van der Waals surface area (Å²) >= 11 is 0. The second-order valence-corrected chi connectivity index (χ2v) is 7.69. The van der Waals surface area contributed by atoms with E-state index in [2.05, 4.69) is 4.90 Å². The number of nitrogen functional groups attached to an aromatic ring is 1. The van der Waals surface area contributed by atoms with E-state index in [1.807, 2.05) is 29.2 Å². The summed E-state index contributed by atoms with van der Waals surface area (Å²) in [4.78, 5) is 4.40. The molecule has 2 aromatic rings. The zero-order valence-electron chi connectivity index (χ0n) is 17.1. The Labute approximate surface area is 176 Å². The molecule has 164 valence electrons. The molecule has 1 aliphatic heterocycles. The molecule has 4 N–H and O–H groups in total. The Balaban J connectivity index is 1.35. The first-order valence-electron chi connectivity index (χ1n) is 10.4. The minimum atomic E-state index is -4.30. The van der Waals surface area contributed by atoms with Crippen molar-refractivity contribution in [3.63, 3.8) is 0 Å². The van der Waals surface area contributed by atoms with Crippen LogP contribution in [0, 0.1) is 0 Å². The molecule has 1 fully saturated rings. The van der Waals surface area contributed by atoms with Crippen LogP contribution in [0.1, 0.15) is 24.8 Å². The molecule has 0 unspecified atom stereocenters. The maximum atomic E-state index is 12.9. The Bertz CT molecular complexity index is 803. The third-order valence-electron chi connectivity index (χ3n) is 5.53. The number of hydrogen-bond acceptors (Lipinski definition) is 5. The van der Waals surface area contributed by atoms with Crippen LogP contribution >= 0.6 is 0 Å². The van der Waals surface area contributed by atoms with Crippen molar-refractivity contribution in [1.82, 2.24) is 4.90 Å². The summed E-state index contributed by atoms with van der Waals surface area (Å²) in [5.74, 6) is 6.10. The smallest absolute Gasteiger partial charge is 0.397 e. The number of halogens is 3. The van der Waals surface area contributed by atoms with Crippen molar-refractivity contribution >= 4 is 17.1 Å². The molecular weight excluding hydrogens is 391 g/mol. The molecular formula is C22H30F3N5. The van der Waals surface area contributed by atoms with E-state index in [0.717, 1.165) is 70.3 Å². The summed E-state index contributed by atoms with van der Waals surface area (Å²) < 4.78 is 38.8. The van der Waals surface area contributed by atoms with E-state index in [1.165, 1.54) is 12.1 Å². The van der Waals surface area contributed by atoms with Gasteiger partial charge in [-0.2, -0.15) is 13.2 Å². The molecule has 0 atom stereocenters. The van der Waals surface area contributed by atoms with Crippen LogP contribution in [0.5, 0.6) is 0 Å². The molecule has 1 saturated heterocycles. The summed E-state index contributed by atoms with van der Waals surface area (Å²) in [7, 11) is 0. The zero-order chi connectivity index (χ0) is 21.6. The number of piperazine rings is 1. The van der Waals surface area contributed by atoms with Crippen LogP contribution in [-0.2, 0) is 6.18 Å². The molecule has 0 spiro atoms. The Morgan fingerprint density at radius 1 is 0.900 bits per heavy atom. The summed E-state index contributed by atoms with van der Waals surface area (Å²) in [5, 5.41) is 1.70. The topological polar surface area (TPSA) is 61.8 Å². The van der Waals surface area contributed by atoms with E-state index in [0.29, 0.717) is 11.4 Å². The van der Waals surface area contributed by atoms with Crippen molar-refractivity contribution in [2.24, 2.45) is 5.84 Å². The van der Waals surface area contributed by atoms with Crippen molar-refractivity contribution in [1.29, 1.82) is 0 Å². The van der Waals surface area contributed by atoms with Crippen molar-refractivity contribution in [3.8, 4) is 0 Å². The molecule has 0 bridgehead atoms. The number of alkyl halides is 3. The fraction of sp³-hybridized carbons (Fsp3) is 0.455. The maximum absolute atomic E-state index is 12.9. The van der Waals surface area contributed by atoms with Gasteiger partial charge in [0.1, 0.15) is 0 Å². The summed E-state index contributed by atoms with van der Waals surface area (Å²) in [6.45, 7) is 4.95. The number of nitrogens with zero attached hydrogens (tertiary/aromatic N) is 3. The lowest BCUT2D eigenvalue weighted by atomic mass is 10.1. The van der Waals surface area contributed by atoms with Crippen molar-refractivity contribution < 1.29 is 13.2 Å². The van der Waals surface area contributed by atoms with Gasteiger partial charge in [-0.05, 0) is 49.7 Å². The van der Waals surface area contributed by atoms with Gasteiger partial charge in [0.25, 0.3) is 0 Å². The molecule has 0 saturated carbocycles. The van der Waals surface area contributed by atoms with Crippen LogP contribution in [0.4, 0.5) is 30.2 Å². The van der Waals surface area contributed by atoms with E-state index in [4.69, 9.17) is 11.6 Å². The number of hydrogen-bond donors (Lipinski definition) is 2. The zero-order valence-corrected chi connectivity index (χ0v) is 17.1. The average molecular weight is 422 g/mol. The highest BCUT2D eigenvalue weighted by molar-refractivity contribution is 5.66. The monoisotopic (exact) mass is 421 g/mol. The molecule has 30 heavy (non-hydrogen) atoms. The van der Waals surface area contributed by atoms with Gasteiger partial charge in [0, 0.05) is 38.4 Å². The number of rotatable bonds is 8. The van der Waals surface area contributed by atoms with E-state index in [9.17, 15) is 13.2 Å². The molecule has 1 aliphatic rings. The SMILES string of the molecule is Nc1ccccc1N(N)CCCCCN1CCN(c2cccc(C(F)(F)F)c2)CC1. The molecule has 2 aromatic carbocycles. The van der Waals surface area contributed by atoms with E-state index >= 15 is 0 Å². The first-order valence-corrected chi connectivity index (χ1v) is 10.4. The second kappa shape index (κ2) is 10.0. The van der Waals surface area contributed by atoms with Gasteiger partial charge in [0.15, 0.2) is 0 Å². The van der Waals surface area contributed by atoms with Crippen molar-refractivity contribution in [2.45, 2.75) is 25.4 Å². The maximum Gasteiger partial charge on any atom is 0.416 e. The van der Waals surface area contributed by atoms with Gasteiger partial charge in [-0.15, -0.1) is 0 Å². The largest absolute Gasteiger partial charge is 0.416 e. The van der Waals surface area contributed by atoms with Crippen LogP contribution in [0.15, 0.2) is 48.5 Å². The van der Waals surface area contributed by atoms with Crippen LogP contribution in [0.3, 0.4) is 0 Å². The normalized spacial score (nSPS) is 15.4. The van der Waals surface area contributed by atoms with Crippen LogP contribution in [-0.4, -0.2) is 44.2 Å². The molecule has 0 amide bonds. The number of hydrazine groups is 1. The molecule has 5 nitrogen and oxygen atoms in total. The Morgan fingerprint density at radius 2 is 1.63 bits per heavy atom. The standard InChI is InChI=1S/C22H30F3N5/c23-22(24,25)18-7-6-8-19(17-18)29-15-13-28(14-16-29)11-4-1-5-12-30(27)21-10-3-2-9-20(21)26/h2-3,6-10,17H,1,4-5,11-16,26-27H2. The number of unbranched alkanes of at least 4 members (excludes halogenated alkanes) is 2. The highest BCUT2D eigenvalue weighted by Gasteiger charge is 2.31. The fourth-order valence-corrected chi connectivity index (χ4v) is 3.77. The van der Waals surface area contributed by atoms with Gasteiger partial charge in [-0.3, -0.25) is 4.90 Å². The van der Waals surface area contributed by atoms with E-state index in [1.54, 1.807) is 11.1 Å². The van der Waals surface area contributed by atoms with Gasteiger partial charge >= 0.3 is 6.18 Å². The predicted molar refractivity (Wildman–Crippen MR) is 116 cm³/mol. The lowest BCUT2D eigenvalue weighted by molar-refractivity contribution is -0.137. The fourth-order valence-electron chi connectivity index (χ4n) is 3.77. The lowest BCUT2D eigenvalue weighted by Gasteiger charge is -2.36. The Morgan fingerprint density at radius 3 is 2.33 bits per heavy atom. The molecule has 8 heteroatoms. The lowest BCUT2D eigenvalue weighted by Crippen LogP contribution is -2.46. The quantitative estimate of drug-likeness (QED) is 0.292. The first-order chi connectivity index (χ1) is 14.3. The summed E-state index contributed by atoms with van der Waals surface area (Å²) in [6.07, 6.45) is -1.19. The average Bonchev–Trinajstić information content (AvgIpc) is 2.73. The first kappa shape index (κ1) is 22.2. The summed E-state index contributed by atoms with van der Waals surface area (Å²) in [6, 6.07) is 13.2. The van der Waals surface area contributed by atoms with Crippen molar-refractivity contribution in [2.75, 3.05) is 54.9 Å². The molecule has 0 aromatic heterocycles. The van der Waals surface area contributed by atoms with Gasteiger partial charge in [-0.25, -0.2) is 5.84 Å². The second-order valence-electron chi connectivity index (χ2n) is 7.69. The van der Waals surface area contributed by atoms with Crippen molar-refractivity contribution in [3.05, 3.63) is 54.1 Å². The number of anilines is 3. The van der Waals surface area contributed by atoms with Gasteiger partial charge in [-0.1, -0.05) is 24.6 Å². The Kier molecular flexibility index (Phi) is 7.44. The third-order valence-corrected chi connectivity index (χ3v) is 5.53.